The predicted molar refractivity (Wildman–Crippen MR) is 146 cm³/mol. The molecule has 0 spiro atoms. The first-order chi connectivity index (χ1) is 17.6. The number of halogens is 2. The number of carbonyl (C=O) groups is 1. The average molecular weight is 524 g/mol. The van der Waals surface area contributed by atoms with E-state index in [1.54, 1.807) is 24.3 Å². The highest BCUT2D eigenvalue weighted by Crippen LogP contribution is 2.35. The lowest BCUT2D eigenvalue weighted by atomic mass is 10.0. The summed E-state index contributed by atoms with van der Waals surface area (Å²) in [6.45, 7) is 8.52. The maximum absolute atomic E-state index is 14.7. The smallest absolute Gasteiger partial charge is 0.407 e. The molecule has 0 radical (unpaired) electrons. The summed E-state index contributed by atoms with van der Waals surface area (Å²) >= 11 is 6.65. The van der Waals surface area contributed by atoms with Crippen molar-refractivity contribution < 1.29 is 14.3 Å². The van der Waals surface area contributed by atoms with Crippen LogP contribution in [0.2, 0.25) is 5.02 Å². The molecule has 2 atom stereocenters. The SMILES string of the molecule is CC(C)c1ccccc1Nc1nc(-c2ccccc2F)c(Cl)cc1C(=N)N1C[C@@H](C)N(C(=O)O)C[C@@H]1C. The summed E-state index contributed by atoms with van der Waals surface area (Å²) in [6.07, 6.45) is -0.975. The second-order valence-corrected chi connectivity index (χ2v) is 10.1. The molecule has 1 amide bonds. The molecule has 1 fully saturated rings. The van der Waals surface area contributed by atoms with Crippen LogP contribution in [-0.2, 0) is 0 Å². The summed E-state index contributed by atoms with van der Waals surface area (Å²) in [5, 5.41) is 22.3. The molecular formula is C28H31ClFN5O2. The zero-order valence-corrected chi connectivity index (χ0v) is 22.1. The molecule has 1 aliphatic heterocycles. The van der Waals surface area contributed by atoms with Gasteiger partial charge in [0.25, 0.3) is 0 Å². The van der Waals surface area contributed by atoms with E-state index in [1.807, 2.05) is 43.0 Å². The van der Waals surface area contributed by atoms with E-state index in [0.717, 1.165) is 11.3 Å². The first kappa shape index (κ1) is 26.4. The first-order valence-electron chi connectivity index (χ1n) is 12.2. The summed E-state index contributed by atoms with van der Waals surface area (Å²) in [7, 11) is 0. The highest BCUT2D eigenvalue weighted by molar-refractivity contribution is 6.33. The average Bonchev–Trinajstić information content (AvgIpc) is 2.86. The summed E-state index contributed by atoms with van der Waals surface area (Å²) in [5.74, 6) is 0.333. The Kier molecular flexibility index (Phi) is 7.68. The van der Waals surface area contributed by atoms with E-state index in [2.05, 4.69) is 19.2 Å². The van der Waals surface area contributed by atoms with Crippen LogP contribution in [-0.4, -0.2) is 57.0 Å². The zero-order chi connectivity index (χ0) is 26.9. The monoisotopic (exact) mass is 523 g/mol. The lowest BCUT2D eigenvalue weighted by Crippen LogP contribution is -2.59. The third-order valence-electron chi connectivity index (χ3n) is 6.71. The van der Waals surface area contributed by atoms with E-state index in [4.69, 9.17) is 22.0 Å². The maximum atomic E-state index is 14.7. The number of hydrogen-bond acceptors (Lipinski definition) is 4. The summed E-state index contributed by atoms with van der Waals surface area (Å²) in [6, 6.07) is 15.3. The van der Waals surface area contributed by atoms with Crippen LogP contribution in [0.5, 0.6) is 0 Å². The number of rotatable bonds is 5. The van der Waals surface area contributed by atoms with Gasteiger partial charge in [0.2, 0.25) is 0 Å². The third-order valence-corrected chi connectivity index (χ3v) is 7.00. The van der Waals surface area contributed by atoms with Crippen molar-refractivity contribution in [1.29, 1.82) is 5.41 Å². The number of amides is 1. The van der Waals surface area contributed by atoms with Gasteiger partial charge in [-0.1, -0.05) is 55.8 Å². The number of para-hydroxylation sites is 1. The third kappa shape index (κ3) is 5.39. The molecule has 3 aromatic rings. The number of anilines is 2. The van der Waals surface area contributed by atoms with Crippen LogP contribution in [0.3, 0.4) is 0 Å². The minimum absolute atomic E-state index is 0.170. The molecule has 0 bridgehead atoms. The van der Waals surface area contributed by atoms with Crippen LogP contribution in [0.1, 0.15) is 44.7 Å². The molecule has 2 heterocycles. The Bertz CT molecular complexity index is 1330. The van der Waals surface area contributed by atoms with Crippen LogP contribution in [0.15, 0.2) is 54.6 Å². The molecule has 2 aromatic carbocycles. The van der Waals surface area contributed by atoms with Gasteiger partial charge in [-0.05, 0) is 49.6 Å². The van der Waals surface area contributed by atoms with Gasteiger partial charge in [0.15, 0.2) is 0 Å². The minimum Gasteiger partial charge on any atom is -0.465 e. The number of benzene rings is 2. The van der Waals surface area contributed by atoms with Gasteiger partial charge in [-0.25, -0.2) is 14.2 Å². The lowest BCUT2D eigenvalue weighted by Gasteiger charge is -2.44. The van der Waals surface area contributed by atoms with Crippen molar-refractivity contribution in [3.05, 3.63) is 76.6 Å². The molecule has 4 rings (SSSR count). The fraction of sp³-hybridized carbons (Fsp3) is 0.321. The highest BCUT2D eigenvalue weighted by atomic mass is 35.5. The van der Waals surface area contributed by atoms with E-state index in [9.17, 15) is 14.3 Å². The van der Waals surface area contributed by atoms with Gasteiger partial charge >= 0.3 is 6.09 Å². The molecule has 0 saturated carbocycles. The number of amidine groups is 1. The van der Waals surface area contributed by atoms with Crippen molar-refractivity contribution in [3.8, 4) is 11.3 Å². The fourth-order valence-corrected chi connectivity index (χ4v) is 4.96. The Hall–Kier alpha value is -3.65. The molecule has 9 heteroatoms. The van der Waals surface area contributed by atoms with Crippen molar-refractivity contribution in [1.82, 2.24) is 14.8 Å². The van der Waals surface area contributed by atoms with Gasteiger partial charge in [0.05, 0.1) is 16.3 Å². The van der Waals surface area contributed by atoms with Gasteiger partial charge in [-0.3, -0.25) is 5.41 Å². The lowest BCUT2D eigenvalue weighted by molar-refractivity contribution is 0.0747. The van der Waals surface area contributed by atoms with Gasteiger partial charge < -0.3 is 20.2 Å². The highest BCUT2D eigenvalue weighted by Gasteiger charge is 2.34. The van der Waals surface area contributed by atoms with Gasteiger partial charge in [0.1, 0.15) is 17.5 Å². The Morgan fingerprint density at radius 3 is 2.41 bits per heavy atom. The zero-order valence-electron chi connectivity index (χ0n) is 21.3. The number of nitrogens with one attached hydrogen (secondary N) is 2. The molecule has 194 valence electrons. The number of pyridine rings is 1. The number of piperazine rings is 1. The van der Waals surface area contributed by atoms with Gasteiger partial charge in [0, 0.05) is 36.4 Å². The molecule has 1 saturated heterocycles. The van der Waals surface area contributed by atoms with Crippen molar-refractivity contribution in [2.45, 2.75) is 45.7 Å². The topological polar surface area (TPSA) is 92.6 Å². The van der Waals surface area contributed by atoms with Crippen molar-refractivity contribution in [2.24, 2.45) is 0 Å². The fourth-order valence-electron chi connectivity index (χ4n) is 4.71. The van der Waals surface area contributed by atoms with Crippen molar-refractivity contribution in [3.63, 3.8) is 0 Å². The number of nitrogens with zero attached hydrogens (tertiary/aromatic N) is 3. The van der Waals surface area contributed by atoms with Crippen LogP contribution in [0.25, 0.3) is 11.3 Å². The Labute approximate surface area is 221 Å². The number of aromatic nitrogens is 1. The summed E-state index contributed by atoms with van der Waals surface area (Å²) in [5.41, 5.74) is 2.89. The van der Waals surface area contributed by atoms with Gasteiger partial charge in [-0.15, -0.1) is 0 Å². The molecule has 7 nitrogen and oxygen atoms in total. The maximum Gasteiger partial charge on any atom is 0.407 e. The molecule has 37 heavy (non-hydrogen) atoms. The molecule has 0 aliphatic carbocycles. The van der Waals surface area contributed by atoms with Crippen LogP contribution < -0.4 is 5.32 Å². The summed E-state index contributed by atoms with van der Waals surface area (Å²) in [4.78, 5) is 19.6. The normalized spacial score (nSPS) is 17.7. The molecule has 3 N–H and O–H groups in total. The van der Waals surface area contributed by atoms with E-state index in [-0.39, 0.29) is 46.7 Å². The van der Waals surface area contributed by atoms with Crippen LogP contribution in [0, 0.1) is 11.2 Å². The Morgan fingerprint density at radius 1 is 1.11 bits per heavy atom. The van der Waals surface area contributed by atoms with E-state index in [0.29, 0.717) is 17.9 Å². The second kappa shape index (κ2) is 10.8. The Morgan fingerprint density at radius 2 is 1.73 bits per heavy atom. The summed E-state index contributed by atoms with van der Waals surface area (Å²) < 4.78 is 14.7. The molecule has 0 unspecified atom stereocenters. The standard InChI is InChI=1S/C28H31ClFN5O2/c1-16(2)19-9-6-8-12-24(19)32-27-21(13-22(29)25(33-27)20-10-5-7-11-23(20)30)26(31)34-14-18(4)35(28(36)37)15-17(34)3/h5-13,16-18,31H,14-15H2,1-4H3,(H,32,33)(H,36,37)/t17-,18+/m0/s1. The van der Waals surface area contributed by atoms with Crippen LogP contribution in [0.4, 0.5) is 20.7 Å². The van der Waals surface area contributed by atoms with Crippen molar-refractivity contribution >= 4 is 35.0 Å². The van der Waals surface area contributed by atoms with E-state index < -0.39 is 11.9 Å². The minimum atomic E-state index is -0.975. The van der Waals surface area contributed by atoms with Crippen molar-refractivity contribution in [2.75, 3.05) is 18.4 Å². The predicted octanol–water partition coefficient (Wildman–Crippen LogP) is 6.81. The first-order valence-corrected chi connectivity index (χ1v) is 12.6. The largest absolute Gasteiger partial charge is 0.465 e. The molecule has 1 aromatic heterocycles. The second-order valence-electron chi connectivity index (χ2n) is 9.70. The van der Waals surface area contributed by atoms with Crippen LogP contribution >= 0.6 is 11.6 Å². The number of carboxylic acid groups (broad SMARTS) is 1. The van der Waals surface area contributed by atoms with Gasteiger partial charge in [-0.2, -0.15) is 0 Å². The van der Waals surface area contributed by atoms with E-state index >= 15 is 0 Å². The van der Waals surface area contributed by atoms with E-state index in [1.165, 1.54) is 11.0 Å². The quantitative estimate of drug-likeness (QED) is 0.252. The molecule has 1 aliphatic rings. The Balaban J connectivity index is 1.81. The molecular weight excluding hydrogens is 493 g/mol. The number of hydrogen-bond donors (Lipinski definition) is 3.